The summed E-state index contributed by atoms with van der Waals surface area (Å²) < 4.78 is 32.7. The molecule has 146 valence electrons. The van der Waals surface area contributed by atoms with Crippen LogP contribution in [0.5, 0.6) is 0 Å². The maximum atomic E-state index is 13.1. The molecule has 4 rings (SSSR count). The van der Waals surface area contributed by atoms with Crippen LogP contribution in [0.2, 0.25) is 0 Å². The number of aromatic nitrogens is 2. The summed E-state index contributed by atoms with van der Waals surface area (Å²) in [6.45, 7) is 2.91. The maximum absolute atomic E-state index is 13.1. The lowest BCUT2D eigenvalue weighted by atomic mass is 10.0. The molecule has 0 unspecified atom stereocenters. The van der Waals surface area contributed by atoms with Gasteiger partial charge in [-0.25, -0.2) is 8.42 Å². The van der Waals surface area contributed by atoms with Crippen molar-refractivity contribution in [3.8, 4) is 0 Å². The van der Waals surface area contributed by atoms with Crippen LogP contribution in [-0.2, 0) is 28.5 Å². The Kier molecular flexibility index (Phi) is 4.48. The van der Waals surface area contributed by atoms with Gasteiger partial charge in [0.2, 0.25) is 10.0 Å². The van der Waals surface area contributed by atoms with E-state index in [4.69, 9.17) is 4.52 Å². The standard InChI is InChI=1S/C18H24N4O4S/c1-3-16-19-17(26-20-16)18(23)8-10-22(12-18)27(24,25)14-7-6-13-5-4-9-21(2)15(13)11-14/h6-7,11,23H,3-5,8-10,12H2,1-2H3/t18-/m1/s1. The van der Waals surface area contributed by atoms with Gasteiger partial charge in [0.15, 0.2) is 11.4 Å². The Balaban J connectivity index is 1.61. The van der Waals surface area contributed by atoms with Gasteiger partial charge >= 0.3 is 0 Å². The van der Waals surface area contributed by atoms with Crippen molar-refractivity contribution in [1.29, 1.82) is 0 Å². The van der Waals surface area contributed by atoms with Gasteiger partial charge in [-0.15, -0.1) is 0 Å². The summed E-state index contributed by atoms with van der Waals surface area (Å²) in [5, 5.41) is 14.7. The first-order valence-corrected chi connectivity index (χ1v) is 10.7. The third-order valence-electron chi connectivity index (χ3n) is 5.44. The number of anilines is 1. The Hall–Kier alpha value is -1.97. The molecule has 2 aliphatic rings. The molecule has 8 nitrogen and oxygen atoms in total. The van der Waals surface area contributed by atoms with Gasteiger partial charge in [-0.05, 0) is 30.5 Å². The Morgan fingerprint density at radius 1 is 1.33 bits per heavy atom. The van der Waals surface area contributed by atoms with Crippen molar-refractivity contribution < 1.29 is 18.0 Å². The molecule has 2 aromatic rings. The number of nitrogens with zero attached hydrogens (tertiary/aromatic N) is 4. The maximum Gasteiger partial charge on any atom is 0.260 e. The van der Waals surface area contributed by atoms with E-state index in [2.05, 4.69) is 15.0 Å². The van der Waals surface area contributed by atoms with Crippen LogP contribution >= 0.6 is 0 Å². The molecular weight excluding hydrogens is 368 g/mol. The van der Waals surface area contributed by atoms with E-state index in [1.54, 1.807) is 12.1 Å². The van der Waals surface area contributed by atoms with Crippen molar-refractivity contribution in [2.75, 3.05) is 31.6 Å². The van der Waals surface area contributed by atoms with E-state index in [1.807, 2.05) is 20.0 Å². The molecule has 0 bridgehead atoms. The summed E-state index contributed by atoms with van der Waals surface area (Å²) in [6, 6.07) is 5.29. The molecule has 1 atom stereocenters. The zero-order valence-electron chi connectivity index (χ0n) is 15.6. The molecule has 1 fully saturated rings. The quantitative estimate of drug-likeness (QED) is 0.837. The third-order valence-corrected chi connectivity index (χ3v) is 7.28. The van der Waals surface area contributed by atoms with Gasteiger partial charge in [-0.2, -0.15) is 9.29 Å². The van der Waals surface area contributed by atoms with Gasteiger partial charge < -0.3 is 14.5 Å². The van der Waals surface area contributed by atoms with Crippen LogP contribution in [0.4, 0.5) is 5.69 Å². The summed E-state index contributed by atoms with van der Waals surface area (Å²) in [5.41, 5.74) is 0.679. The first-order valence-electron chi connectivity index (χ1n) is 9.23. The lowest BCUT2D eigenvalue weighted by Crippen LogP contribution is -2.35. The van der Waals surface area contributed by atoms with Gasteiger partial charge in [0.05, 0.1) is 11.4 Å². The second kappa shape index (κ2) is 6.57. The molecule has 3 heterocycles. The number of hydrogen-bond acceptors (Lipinski definition) is 7. The highest BCUT2D eigenvalue weighted by Crippen LogP contribution is 2.36. The minimum atomic E-state index is -3.72. The highest BCUT2D eigenvalue weighted by molar-refractivity contribution is 7.89. The molecule has 0 saturated carbocycles. The SMILES string of the molecule is CCc1noc([C@@]2(O)CCN(S(=O)(=O)c3ccc4c(c3)N(C)CCC4)C2)n1. The van der Waals surface area contributed by atoms with E-state index >= 15 is 0 Å². The number of fused-ring (bicyclic) bond motifs is 1. The first-order chi connectivity index (χ1) is 12.8. The van der Waals surface area contributed by atoms with Crippen LogP contribution in [0.25, 0.3) is 0 Å². The molecule has 27 heavy (non-hydrogen) atoms. The summed E-state index contributed by atoms with van der Waals surface area (Å²) in [5.74, 6) is 0.583. The number of sulfonamides is 1. The molecule has 1 saturated heterocycles. The number of rotatable bonds is 4. The molecular formula is C18H24N4O4S. The van der Waals surface area contributed by atoms with Crippen molar-refractivity contribution in [3.63, 3.8) is 0 Å². The van der Waals surface area contributed by atoms with Gasteiger partial charge in [-0.1, -0.05) is 18.1 Å². The number of β-amino-alcohol motifs (C(OH)–C–C–N with tert-alkyl or cyclic N) is 1. The number of hydrogen-bond donors (Lipinski definition) is 1. The molecule has 9 heteroatoms. The van der Waals surface area contributed by atoms with Gasteiger partial charge in [0, 0.05) is 38.7 Å². The monoisotopic (exact) mass is 392 g/mol. The molecule has 1 aromatic carbocycles. The fraction of sp³-hybridized carbons (Fsp3) is 0.556. The largest absolute Gasteiger partial charge is 0.379 e. The van der Waals surface area contributed by atoms with Crippen molar-refractivity contribution in [2.45, 2.75) is 43.1 Å². The van der Waals surface area contributed by atoms with E-state index < -0.39 is 15.6 Å². The second-order valence-corrected chi connectivity index (χ2v) is 9.24. The molecule has 0 radical (unpaired) electrons. The Morgan fingerprint density at radius 3 is 2.89 bits per heavy atom. The van der Waals surface area contributed by atoms with Gasteiger partial charge in [0.1, 0.15) is 0 Å². The van der Waals surface area contributed by atoms with Crippen molar-refractivity contribution in [2.24, 2.45) is 0 Å². The third kappa shape index (κ3) is 3.13. The van der Waals surface area contributed by atoms with E-state index in [-0.39, 0.29) is 30.3 Å². The highest BCUT2D eigenvalue weighted by atomic mass is 32.2. The Labute approximate surface area is 158 Å². The van der Waals surface area contributed by atoms with Crippen LogP contribution in [0.3, 0.4) is 0 Å². The minimum absolute atomic E-state index is 0.0854. The topological polar surface area (TPSA) is 99.8 Å². The molecule has 2 aliphatic heterocycles. The van der Waals surface area contributed by atoms with E-state index in [0.717, 1.165) is 25.1 Å². The van der Waals surface area contributed by atoms with Crippen LogP contribution in [0, 0.1) is 0 Å². The van der Waals surface area contributed by atoms with E-state index in [0.29, 0.717) is 12.2 Å². The van der Waals surface area contributed by atoms with Crippen molar-refractivity contribution >= 4 is 15.7 Å². The lowest BCUT2D eigenvalue weighted by Gasteiger charge is -2.28. The zero-order valence-corrected chi connectivity index (χ0v) is 16.4. The molecule has 1 N–H and O–H groups in total. The molecule has 0 amide bonds. The van der Waals surface area contributed by atoms with Gasteiger partial charge in [0.25, 0.3) is 5.89 Å². The highest BCUT2D eigenvalue weighted by Gasteiger charge is 2.46. The summed E-state index contributed by atoms with van der Waals surface area (Å²) in [7, 11) is -1.74. The summed E-state index contributed by atoms with van der Waals surface area (Å²) in [6.07, 6.45) is 2.84. The number of benzene rings is 1. The fourth-order valence-electron chi connectivity index (χ4n) is 3.77. The number of aryl methyl sites for hydroxylation is 2. The van der Waals surface area contributed by atoms with E-state index in [1.165, 1.54) is 9.87 Å². The second-order valence-electron chi connectivity index (χ2n) is 7.31. The summed E-state index contributed by atoms with van der Waals surface area (Å²) >= 11 is 0. The van der Waals surface area contributed by atoms with E-state index in [9.17, 15) is 13.5 Å². The Bertz CT molecular complexity index is 958. The van der Waals surface area contributed by atoms with Crippen LogP contribution in [-0.4, -0.2) is 54.7 Å². The average Bonchev–Trinajstić information content (AvgIpc) is 3.30. The summed E-state index contributed by atoms with van der Waals surface area (Å²) in [4.78, 5) is 6.52. The lowest BCUT2D eigenvalue weighted by molar-refractivity contribution is 0.0194. The van der Waals surface area contributed by atoms with Gasteiger partial charge in [-0.3, -0.25) is 0 Å². The van der Waals surface area contributed by atoms with Crippen LogP contribution in [0.15, 0.2) is 27.6 Å². The fourth-order valence-corrected chi connectivity index (χ4v) is 5.29. The van der Waals surface area contributed by atoms with Crippen LogP contribution < -0.4 is 4.90 Å². The first kappa shape index (κ1) is 18.4. The predicted molar refractivity (Wildman–Crippen MR) is 99.0 cm³/mol. The molecule has 0 spiro atoms. The van der Waals surface area contributed by atoms with Crippen molar-refractivity contribution in [3.05, 3.63) is 35.5 Å². The van der Waals surface area contributed by atoms with Crippen LogP contribution in [0.1, 0.15) is 37.0 Å². The number of aliphatic hydroxyl groups is 1. The molecule has 1 aromatic heterocycles. The molecule has 0 aliphatic carbocycles. The van der Waals surface area contributed by atoms with Crippen molar-refractivity contribution in [1.82, 2.24) is 14.4 Å². The predicted octanol–water partition coefficient (Wildman–Crippen LogP) is 1.30. The minimum Gasteiger partial charge on any atom is -0.379 e. The average molecular weight is 392 g/mol. The zero-order chi connectivity index (χ0) is 19.2. The normalized spacial score (nSPS) is 23.6. The smallest absolute Gasteiger partial charge is 0.260 e. The Morgan fingerprint density at radius 2 is 2.15 bits per heavy atom.